The summed E-state index contributed by atoms with van der Waals surface area (Å²) in [6.07, 6.45) is 8.55. The van der Waals surface area contributed by atoms with Crippen LogP contribution in [0.3, 0.4) is 0 Å². The van der Waals surface area contributed by atoms with Crippen LogP contribution in [0.15, 0.2) is 12.2 Å². The fourth-order valence-electron chi connectivity index (χ4n) is 6.19. The van der Waals surface area contributed by atoms with E-state index in [1.807, 2.05) is 4.90 Å². The first kappa shape index (κ1) is 19.0. The maximum absolute atomic E-state index is 12.5. The predicted molar refractivity (Wildman–Crippen MR) is 103 cm³/mol. The van der Waals surface area contributed by atoms with Crippen LogP contribution in [0.25, 0.3) is 0 Å². The van der Waals surface area contributed by atoms with Crippen LogP contribution in [0.5, 0.6) is 0 Å². The SMILES string of the molecule is C=C1CCC[C@]2(C)C[C@H]3OC(=O)[C@@H](C[NH2+]CCCN4CCCC4=O)[C@H]3C[C@@H]12. The number of rotatable bonds is 6. The molecule has 4 fully saturated rings. The molecule has 4 rings (SSSR count). The highest BCUT2D eigenvalue weighted by atomic mass is 16.6. The Bertz CT molecular complexity index is 619. The van der Waals surface area contributed by atoms with Gasteiger partial charge in [0.15, 0.2) is 0 Å². The van der Waals surface area contributed by atoms with Crippen LogP contribution in [0.1, 0.15) is 58.3 Å². The molecule has 4 aliphatic rings. The zero-order chi connectivity index (χ0) is 19.0. The van der Waals surface area contributed by atoms with Gasteiger partial charge in [0.2, 0.25) is 5.91 Å². The van der Waals surface area contributed by atoms with E-state index >= 15 is 0 Å². The summed E-state index contributed by atoms with van der Waals surface area (Å²) in [5.41, 5.74) is 1.68. The minimum absolute atomic E-state index is 0.0174. The van der Waals surface area contributed by atoms with Crippen molar-refractivity contribution in [2.45, 2.75) is 64.4 Å². The summed E-state index contributed by atoms with van der Waals surface area (Å²) in [6, 6.07) is 0. The van der Waals surface area contributed by atoms with Crippen molar-refractivity contribution in [3.8, 4) is 0 Å². The molecular formula is C22H35N2O3+. The van der Waals surface area contributed by atoms with Crippen molar-refractivity contribution in [3.63, 3.8) is 0 Å². The maximum atomic E-state index is 12.5. The Kier molecular flexibility index (Phi) is 5.32. The molecule has 0 aromatic rings. The normalized spacial score (nSPS) is 38.7. The van der Waals surface area contributed by atoms with E-state index in [0.29, 0.717) is 24.2 Å². The molecule has 2 N–H and O–H groups in total. The standard InChI is InChI=1S/C22H34N2O3/c1-15-6-3-8-22(2)13-19-16(12-18(15)22)17(21(26)27-19)14-23-9-5-11-24-10-4-7-20(24)25/h16-19,23H,1,3-14H2,2H3/p+1/t16-,17+,18+,19-,22-/m1/s1. The molecule has 2 saturated carbocycles. The van der Waals surface area contributed by atoms with Crippen LogP contribution in [0.2, 0.25) is 0 Å². The zero-order valence-electron chi connectivity index (χ0n) is 16.8. The second-order valence-electron chi connectivity index (χ2n) is 9.55. The average molecular weight is 376 g/mol. The first-order chi connectivity index (χ1) is 13.0. The van der Waals surface area contributed by atoms with E-state index in [0.717, 1.165) is 58.3 Å². The van der Waals surface area contributed by atoms with Crippen molar-refractivity contribution in [2.75, 3.05) is 26.2 Å². The Labute approximate surface area is 162 Å². The molecule has 1 amide bonds. The summed E-state index contributed by atoms with van der Waals surface area (Å²) < 4.78 is 5.84. The Morgan fingerprint density at radius 3 is 2.93 bits per heavy atom. The molecule has 0 spiro atoms. The van der Waals surface area contributed by atoms with Crippen molar-refractivity contribution >= 4 is 11.9 Å². The van der Waals surface area contributed by atoms with Gasteiger partial charge in [0.1, 0.15) is 12.0 Å². The van der Waals surface area contributed by atoms with Gasteiger partial charge in [-0.3, -0.25) is 9.59 Å². The second kappa shape index (κ2) is 7.57. The lowest BCUT2D eigenvalue weighted by molar-refractivity contribution is -0.659. The number of fused-ring (bicyclic) bond motifs is 2. The molecule has 0 aromatic carbocycles. The van der Waals surface area contributed by atoms with Crippen molar-refractivity contribution < 1.29 is 19.6 Å². The molecule has 0 bridgehead atoms. The van der Waals surface area contributed by atoms with Crippen molar-refractivity contribution in [1.29, 1.82) is 0 Å². The fraction of sp³-hybridized carbons (Fsp3) is 0.818. The number of ether oxygens (including phenoxy) is 1. The molecule has 0 aromatic heterocycles. The van der Waals surface area contributed by atoms with Crippen LogP contribution in [-0.2, 0) is 14.3 Å². The van der Waals surface area contributed by atoms with Gasteiger partial charge >= 0.3 is 5.97 Å². The third-order valence-electron chi connectivity index (χ3n) is 7.75. The molecule has 2 aliphatic heterocycles. The average Bonchev–Trinajstić information content (AvgIpc) is 3.15. The van der Waals surface area contributed by atoms with E-state index < -0.39 is 0 Å². The van der Waals surface area contributed by atoms with Gasteiger partial charge in [-0.25, -0.2) is 0 Å². The van der Waals surface area contributed by atoms with Gasteiger partial charge in [0.25, 0.3) is 0 Å². The number of carbonyl (C=O) groups excluding carboxylic acids is 2. The van der Waals surface area contributed by atoms with Crippen molar-refractivity contribution in [1.82, 2.24) is 4.90 Å². The molecule has 2 heterocycles. The van der Waals surface area contributed by atoms with Gasteiger partial charge < -0.3 is 15.0 Å². The number of nitrogens with two attached hydrogens (primary N) is 1. The molecular weight excluding hydrogens is 340 g/mol. The summed E-state index contributed by atoms with van der Waals surface area (Å²) in [6.45, 7) is 10.3. The summed E-state index contributed by atoms with van der Waals surface area (Å²) in [7, 11) is 0. The molecule has 0 radical (unpaired) electrons. The van der Waals surface area contributed by atoms with E-state index in [1.54, 1.807) is 0 Å². The van der Waals surface area contributed by atoms with Crippen LogP contribution in [-0.4, -0.2) is 49.1 Å². The third kappa shape index (κ3) is 3.67. The summed E-state index contributed by atoms with van der Waals surface area (Å²) >= 11 is 0. The lowest BCUT2D eigenvalue weighted by Gasteiger charge is -2.49. The highest BCUT2D eigenvalue weighted by Gasteiger charge is 2.55. The Morgan fingerprint density at radius 1 is 1.30 bits per heavy atom. The van der Waals surface area contributed by atoms with Gasteiger partial charge in [-0.05, 0) is 49.9 Å². The number of nitrogens with zero attached hydrogens (tertiary/aromatic N) is 1. The quantitative estimate of drug-likeness (QED) is 0.438. The minimum Gasteiger partial charge on any atom is -0.462 e. The van der Waals surface area contributed by atoms with Crippen molar-refractivity contribution in [2.24, 2.45) is 23.2 Å². The topological polar surface area (TPSA) is 63.2 Å². The van der Waals surface area contributed by atoms with Crippen molar-refractivity contribution in [3.05, 3.63) is 12.2 Å². The predicted octanol–water partition coefficient (Wildman–Crippen LogP) is 1.88. The number of likely N-dealkylation sites (tertiary alicyclic amines) is 1. The summed E-state index contributed by atoms with van der Waals surface area (Å²) in [4.78, 5) is 26.2. The Balaban J connectivity index is 1.28. The first-order valence-electron chi connectivity index (χ1n) is 11.0. The molecule has 5 atom stereocenters. The number of allylic oxidation sites excluding steroid dienone is 1. The highest BCUT2D eigenvalue weighted by Crippen LogP contribution is 2.56. The fourth-order valence-corrected chi connectivity index (χ4v) is 6.19. The second-order valence-corrected chi connectivity index (χ2v) is 9.55. The lowest BCUT2D eigenvalue weighted by Crippen LogP contribution is -2.86. The number of amides is 1. The molecule has 0 unspecified atom stereocenters. The zero-order valence-corrected chi connectivity index (χ0v) is 16.8. The van der Waals surface area contributed by atoms with Gasteiger partial charge in [0.05, 0.1) is 13.1 Å². The maximum Gasteiger partial charge on any atom is 0.315 e. The first-order valence-corrected chi connectivity index (χ1v) is 11.0. The van der Waals surface area contributed by atoms with Crippen LogP contribution in [0, 0.1) is 23.2 Å². The minimum atomic E-state index is 0.0174. The number of hydrogen-bond acceptors (Lipinski definition) is 3. The number of esters is 1. The van der Waals surface area contributed by atoms with Crippen LogP contribution in [0.4, 0.5) is 0 Å². The van der Waals surface area contributed by atoms with Gasteiger partial charge in [-0.15, -0.1) is 0 Å². The van der Waals surface area contributed by atoms with E-state index in [4.69, 9.17) is 4.74 Å². The van der Waals surface area contributed by atoms with Crippen LogP contribution >= 0.6 is 0 Å². The summed E-state index contributed by atoms with van der Waals surface area (Å²) in [5, 5.41) is 2.26. The molecule has 2 saturated heterocycles. The molecule has 5 heteroatoms. The monoisotopic (exact) mass is 375 g/mol. The largest absolute Gasteiger partial charge is 0.462 e. The van der Waals surface area contributed by atoms with E-state index in [9.17, 15) is 9.59 Å². The van der Waals surface area contributed by atoms with E-state index in [1.165, 1.54) is 18.4 Å². The number of hydrogen-bond donors (Lipinski definition) is 1. The third-order valence-corrected chi connectivity index (χ3v) is 7.75. The molecule has 5 nitrogen and oxygen atoms in total. The summed E-state index contributed by atoms with van der Waals surface area (Å²) in [5.74, 6) is 1.27. The van der Waals surface area contributed by atoms with Gasteiger partial charge in [-0.2, -0.15) is 0 Å². The Hall–Kier alpha value is -1.36. The van der Waals surface area contributed by atoms with E-state index in [2.05, 4.69) is 18.8 Å². The van der Waals surface area contributed by atoms with Crippen LogP contribution < -0.4 is 5.32 Å². The lowest BCUT2D eigenvalue weighted by atomic mass is 9.55. The number of carbonyl (C=O) groups is 2. The van der Waals surface area contributed by atoms with Gasteiger partial charge in [0, 0.05) is 31.8 Å². The Morgan fingerprint density at radius 2 is 2.15 bits per heavy atom. The smallest absolute Gasteiger partial charge is 0.315 e. The molecule has 27 heavy (non-hydrogen) atoms. The van der Waals surface area contributed by atoms with E-state index in [-0.39, 0.29) is 23.4 Å². The highest BCUT2D eigenvalue weighted by molar-refractivity contribution is 5.78. The molecule has 150 valence electrons. The van der Waals surface area contributed by atoms with Gasteiger partial charge in [-0.1, -0.05) is 19.1 Å². The molecule has 2 aliphatic carbocycles. The number of quaternary nitrogens is 1.